The Balaban J connectivity index is 0.000000924. The van der Waals surface area contributed by atoms with Gasteiger partial charge in [0.25, 0.3) is 0 Å². The minimum Gasteiger partial charge on any atom is -0.481 e. The molecule has 2 aromatic rings. The lowest BCUT2D eigenvalue weighted by Gasteiger charge is -2.21. The Morgan fingerprint density at radius 2 is 1.66 bits per heavy atom. The Labute approximate surface area is 234 Å². The fourth-order valence-corrected chi connectivity index (χ4v) is 4.76. The van der Waals surface area contributed by atoms with Gasteiger partial charge >= 0.3 is 5.97 Å². The number of rotatable bonds is 5. The van der Waals surface area contributed by atoms with Crippen molar-refractivity contribution in [2.24, 2.45) is 0 Å². The number of anilines is 1. The second kappa shape index (κ2) is 14.9. The number of halogens is 1. The van der Waals surface area contributed by atoms with E-state index in [1.54, 1.807) is 39.0 Å². The van der Waals surface area contributed by atoms with Crippen molar-refractivity contribution in [3.05, 3.63) is 80.9 Å². The van der Waals surface area contributed by atoms with Crippen molar-refractivity contribution >= 4 is 34.2 Å². The lowest BCUT2D eigenvalue weighted by molar-refractivity contribution is -0.136. The fourth-order valence-electron chi connectivity index (χ4n) is 3.53. The van der Waals surface area contributed by atoms with Crippen LogP contribution in [0.15, 0.2) is 58.7 Å². The number of aliphatic hydroxyl groups is 1. The van der Waals surface area contributed by atoms with Crippen molar-refractivity contribution in [2.45, 2.75) is 74.3 Å². The highest BCUT2D eigenvalue weighted by molar-refractivity contribution is 7.90. The lowest BCUT2D eigenvalue weighted by atomic mass is 9.88. The molecular formula is C30H40ClNO5S. The second-order valence-electron chi connectivity index (χ2n) is 9.45. The average Bonchev–Trinajstić information content (AvgIpc) is 2.98. The molecule has 6 nitrogen and oxygen atoms in total. The molecular weight excluding hydrogens is 522 g/mol. The summed E-state index contributed by atoms with van der Waals surface area (Å²) in [5.41, 5.74) is 4.95. The number of hydrogen-bond donors (Lipinski definition) is 3. The number of carbonyl (C=O) groups is 1. The van der Waals surface area contributed by atoms with Crippen molar-refractivity contribution in [3.8, 4) is 16.9 Å². The highest BCUT2D eigenvalue weighted by Gasteiger charge is 2.26. The molecule has 0 amide bonds. The van der Waals surface area contributed by atoms with Gasteiger partial charge in [0.1, 0.15) is 6.26 Å². The number of nitrogens with one attached hydrogen (secondary N) is 1. The van der Waals surface area contributed by atoms with E-state index in [4.69, 9.17) is 21.4 Å². The molecule has 8 heteroatoms. The zero-order chi connectivity index (χ0) is 29.2. The molecule has 0 aliphatic carbocycles. The maximum absolute atomic E-state index is 12.9. The molecule has 3 N–H and O–H groups in total. The van der Waals surface area contributed by atoms with Crippen LogP contribution in [0, 0.1) is 20.8 Å². The van der Waals surface area contributed by atoms with Gasteiger partial charge in [-0.1, -0.05) is 61.4 Å². The quantitative estimate of drug-likeness (QED) is 0.325. The maximum atomic E-state index is 12.9. The third-order valence-electron chi connectivity index (χ3n) is 5.05. The van der Waals surface area contributed by atoms with Gasteiger partial charge in [0, 0.05) is 10.6 Å². The van der Waals surface area contributed by atoms with Crippen LogP contribution in [0.5, 0.6) is 5.75 Å². The Bertz CT molecular complexity index is 1230. The number of fused-ring (bicyclic) bond motifs is 1. The summed E-state index contributed by atoms with van der Waals surface area (Å²) in [6.07, 6.45) is 6.30. The minimum absolute atomic E-state index is 0.162. The molecule has 1 unspecified atom stereocenters. The summed E-state index contributed by atoms with van der Waals surface area (Å²) in [5, 5.41) is 18.5. The van der Waals surface area contributed by atoms with Gasteiger partial charge < -0.3 is 14.9 Å². The first-order chi connectivity index (χ1) is 17.7. The molecule has 208 valence electrons. The zero-order valence-electron chi connectivity index (χ0n) is 23.7. The van der Waals surface area contributed by atoms with E-state index in [9.17, 15) is 14.1 Å². The van der Waals surface area contributed by atoms with Crippen molar-refractivity contribution in [2.75, 3.05) is 4.72 Å². The first-order valence-electron chi connectivity index (χ1n) is 12.4. The molecule has 0 fully saturated rings. The Kier molecular flexibility index (Phi) is 13.0. The molecule has 0 bridgehead atoms. The summed E-state index contributed by atoms with van der Waals surface area (Å²) in [7, 11) is -1.63. The Morgan fingerprint density at radius 3 is 2.16 bits per heavy atom. The minimum atomic E-state index is -1.63. The first-order valence-corrected chi connectivity index (χ1v) is 14.0. The molecule has 1 aliphatic rings. The van der Waals surface area contributed by atoms with Gasteiger partial charge in [-0.15, -0.1) is 0 Å². The van der Waals surface area contributed by atoms with Crippen LogP contribution in [0.3, 0.4) is 0 Å². The fraction of sp³-hybridized carbons (Fsp3) is 0.367. The van der Waals surface area contributed by atoms with E-state index < -0.39 is 22.6 Å². The van der Waals surface area contributed by atoms with E-state index in [1.807, 2.05) is 65.8 Å². The number of carboxylic acid groups (broad SMARTS) is 1. The monoisotopic (exact) mass is 561 g/mol. The van der Waals surface area contributed by atoms with Crippen LogP contribution in [-0.4, -0.2) is 26.0 Å². The molecule has 0 saturated heterocycles. The number of aliphatic carboxylic acids is 1. The Morgan fingerprint density at radius 1 is 1.11 bits per heavy atom. The van der Waals surface area contributed by atoms with E-state index in [1.165, 1.54) is 6.26 Å². The number of allylic oxidation sites excluding steroid dienone is 4. The topological polar surface area (TPSA) is 95.9 Å². The van der Waals surface area contributed by atoms with Crippen LogP contribution in [0.2, 0.25) is 0 Å². The number of carboxylic acids is 1. The Hall–Kier alpha value is -2.87. The van der Waals surface area contributed by atoms with E-state index >= 15 is 0 Å². The van der Waals surface area contributed by atoms with Crippen LogP contribution < -0.4 is 9.46 Å². The summed E-state index contributed by atoms with van der Waals surface area (Å²) in [6, 6.07) is 7.91. The predicted molar refractivity (Wildman–Crippen MR) is 160 cm³/mol. The molecule has 3 rings (SSSR count). The third kappa shape index (κ3) is 9.78. The van der Waals surface area contributed by atoms with Gasteiger partial charge in [-0.3, -0.25) is 9.52 Å². The highest BCUT2D eigenvalue weighted by atomic mass is 35.5. The smallest absolute Gasteiger partial charge is 0.307 e. The summed E-state index contributed by atoms with van der Waals surface area (Å²) < 4.78 is 21.9. The zero-order valence-corrected chi connectivity index (χ0v) is 25.3. The van der Waals surface area contributed by atoms with Crippen molar-refractivity contribution in [3.63, 3.8) is 0 Å². The number of ether oxygens (including phenoxy) is 1. The van der Waals surface area contributed by atoms with Gasteiger partial charge in [-0.25, -0.2) is 4.21 Å². The summed E-state index contributed by atoms with van der Waals surface area (Å²) in [6.45, 7) is 16.8. The third-order valence-corrected chi connectivity index (χ3v) is 6.31. The van der Waals surface area contributed by atoms with Crippen LogP contribution in [0.25, 0.3) is 11.1 Å². The molecule has 0 saturated carbocycles. The maximum Gasteiger partial charge on any atom is 0.307 e. The number of aryl methyl sites for hydroxylation is 1. The molecule has 38 heavy (non-hydrogen) atoms. The highest BCUT2D eigenvalue weighted by Crippen LogP contribution is 2.44. The van der Waals surface area contributed by atoms with Gasteiger partial charge in [-0.05, 0) is 82.9 Å². The van der Waals surface area contributed by atoms with Crippen molar-refractivity contribution in [1.29, 1.82) is 0 Å². The van der Waals surface area contributed by atoms with Crippen LogP contribution >= 0.6 is 11.6 Å². The summed E-state index contributed by atoms with van der Waals surface area (Å²) >= 11 is 6.16. The first kappa shape index (κ1) is 33.2. The van der Waals surface area contributed by atoms with Gasteiger partial charge in [0.2, 0.25) is 0 Å². The lowest BCUT2D eigenvalue weighted by Crippen LogP contribution is -2.11. The van der Waals surface area contributed by atoms with Gasteiger partial charge in [0.05, 0.1) is 22.6 Å². The summed E-state index contributed by atoms with van der Waals surface area (Å²) in [5.74, 6) is -0.424. The standard InChI is InChI=1S/C24H24ClNO4S.C4H10O.C2H6/c1-5-6-18(25)11-19-13-30-24-16(4)22(17-9-7-14(2)8-10-17)20(12-21(27)28)15(3)23(24)26-31(19)29;1-4(2,3)5;1-2/h5-11,13,26H,12H2,1-4H3,(H,27,28);5H,1-3H3;1-2H3/b6-5-,18-11+;;. The molecule has 0 spiro atoms. The average molecular weight is 562 g/mol. The second-order valence-corrected chi connectivity index (χ2v) is 11.1. The number of benzene rings is 2. The van der Waals surface area contributed by atoms with Crippen LogP contribution in [0.4, 0.5) is 5.69 Å². The van der Waals surface area contributed by atoms with E-state index in [0.29, 0.717) is 32.5 Å². The molecule has 1 aliphatic heterocycles. The largest absolute Gasteiger partial charge is 0.481 e. The SMILES string of the molecule is C/C=C\C(Cl)=C/C1=COc2c(C)c(-c3ccc(C)cc3)c(CC(=O)O)c(C)c2NS1=O.CC.CC(C)(C)O. The molecule has 1 heterocycles. The predicted octanol–water partition coefficient (Wildman–Crippen LogP) is 7.72. The van der Waals surface area contributed by atoms with Gasteiger partial charge in [0.15, 0.2) is 16.7 Å². The van der Waals surface area contributed by atoms with Gasteiger partial charge in [-0.2, -0.15) is 0 Å². The normalized spacial score (nSPS) is 15.0. The van der Waals surface area contributed by atoms with Crippen molar-refractivity contribution in [1.82, 2.24) is 0 Å². The molecule has 1 atom stereocenters. The van der Waals surface area contributed by atoms with Crippen LogP contribution in [0.1, 0.15) is 63.8 Å². The van der Waals surface area contributed by atoms with E-state index in [2.05, 4.69) is 4.72 Å². The molecule has 0 aromatic heterocycles. The van der Waals surface area contributed by atoms with Crippen molar-refractivity contribution < 1.29 is 24.0 Å². The van der Waals surface area contributed by atoms with Crippen LogP contribution in [-0.2, 0) is 22.2 Å². The molecule has 2 aromatic carbocycles. The van der Waals surface area contributed by atoms with E-state index in [0.717, 1.165) is 22.3 Å². The molecule has 0 radical (unpaired) electrons. The summed E-state index contributed by atoms with van der Waals surface area (Å²) in [4.78, 5) is 12.0. The number of hydrogen-bond acceptors (Lipinski definition) is 4. The van der Waals surface area contributed by atoms with E-state index in [-0.39, 0.29) is 6.42 Å².